The van der Waals surface area contributed by atoms with Gasteiger partial charge in [0.1, 0.15) is 0 Å². The molecule has 1 aromatic carbocycles. The summed E-state index contributed by atoms with van der Waals surface area (Å²) in [5, 5.41) is 6.97. The number of aromatic nitrogens is 2. The monoisotopic (exact) mass is 273 g/mol. The van der Waals surface area contributed by atoms with Crippen molar-refractivity contribution in [1.82, 2.24) is 15.5 Å². The van der Waals surface area contributed by atoms with E-state index < -0.39 is 5.97 Å². The van der Waals surface area contributed by atoms with Gasteiger partial charge in [-0.1, -0.05) is 6.07 Å². The summed E-state index contributed by atoms with van der Waals surface area (Å²) >= 11 is 0. The van der Waals surface area contributed by atoms with Gasteiger partial charge in [-0.25, -0.2) is 4.79 Å². The summed E-state index contributed by atoms with van der Waals surface area (Å²) in [5.74, 6) is -0.277. The molecule has 1 aromatic heterocycles. The molecule has 6 nitrogen and oxygen atoms in total. The maximum atomic E-state index is 11.5. The summed E-state index contributed by atoms with van der Waals surface area (Å²) < 4.78 is 9.96. The molecule has 1 aliphatic rings. The fourth-order valence-electron chi connectivity index (χ4n) is 2.23. The van der Waals surface area contributed by atoms with Crippen molar-refractivity contribution in [3.05, 3.63) is 35.2 Å². The molecular formula is C14H15N3O3. The second-order valence-electron chi connectivity index (χ2n) is 4.55. The number of fused-ring (bicyclic) bond motifs is 1. The third-order valence-corrected chi connectivity index (χ3v) is 3.22. The fourth-order valence-corrected chi connectivity index (χ4v) is 2.23. The lowest BCUT2D eigenvalue weighted by atomic mass is 9.98. The second kappa shape index (κ2) is 5.42. The van der Waals surface area contributed by atoms with Crippen LogP contribution in [0, 0.1) is 0 Å². The molecule has 1 N–H and O–H groups in total. The van der Waals surface area contributed by atoms with Gasteiger partial charge < -0.3 is 14.6 Å². The quantitative estimate of drug-likeness (QED) is 0.855. The van der Waals surface area contributed by atoms with Crippen molar-refractivity contribution in [2.75, 3.05) is 13.2 Å². The highest BCUT2D eigenvalue weighted by molar-refractivity contribution is 5.85. The Morgan fingerprint density at radius 2 is 2.35 bits per heavy atom. The number of hydrogen-bond acceptors (Lipinski definition) is 6. The van der Waals surface area contributed by atoms with Crippen molar-refractivity contribution in [3.8, 4) is 11.5 Å². The molecule has 104 valence electrons. The zero-order chi connectivity index (χ0) is 13.9. The van der Waals surface area contributed by atoms with Crippen LogP contribution in [0.3, 0.4) is 0 Å². The summed E-state index contributed by atoms with van der Waals surface area (Å²) in [6.07, 6.45) is 1.02. The van der Waals surface area contributed by atoms with Crippen molar-refractivity contribution in [2.24, 2.45) is 0 Å². The van der Waals surface area contributed by atoms with Crippen LogP contribution in [0.25, 0.3) is 11.5 Å². The molecule has 2 heterocycles. The Kier molecular flexibility index (Phi) is 3.47. The Bertz CT molecular complexity index is 636. The fraction of sp³-hybridized carbons (Fsp3) is 0.357. The number of benzene rings is 1. The van der Waals surface area contributed by atoms with Crippen LogP contribution in [0.5, 0.6) is 0 Å². The number of rotatable bonds is 3. The summed E-state index contributed by atoms with van der Waals surface area (Å²) in [7, 11) is 0. The highest BCUT2D eigenvalue weighted by atomic mass is 16.5. The third kappa shape index (κ3) is 2.42. The van der Waals surface area contributed by atoms with E-state index in [-0.39, 0.29) is 12.4 Å². The summed E-state index contributed by atoms with van der Waals surface area (Å²) in [4.78, 5) is 15.6. The molecule has 0 aliphatic carbocycles. The summed E-state index contributed by atoms with van der Waals surface area (Å²) in [6, 6.07) is 6.02. The molecule has 2 aromatic rings. The second-order valence-corrected chi connectivity index (χ2v) is 4.55. The van der Waals surface area contributed by atoms with E-state index in [1.54, 1.807) is 6.92 Å². The number of esters is 1. The minimum absolute atomic E-state index is 0.0438. The van der Waals surface area contributed by atoms with Gasteiger partial charge in [-0.3, -0.25) is 0 Å². The van der Waals surface area contributed by atoms with E-state index in [4.69, 9.17) is 9.26 Å². The van der Waals surface area contributed by atoms with Crippen LogP contribution >= 0.6 is 0 Å². The average molecular weight is 273 g/mol. The van der Waals surface area contributed by atoms with Crippen LogP contribution in [0.2, 0.25) is 0 Å². The SMILES string of the molecule is CCOC(=O)c1noc(-c2ccc3c(c2)CNCC3)n1. The number of carbonyl (C=O) groups excluding carboxylic acids is 1. The van der Waals surface area contributed by atoms with Gasteiger partial charge in [-0.2, -0.15) is 4.98 Å². The standard InChI is InChI=1S/C14H15N3O3/c1-2-19-14(18)12-16-13(20-17-12)10-4-3-9-5-6-15-8-11(9)7-10/h3-4,7,15H,2,5-6,8H2,1H3. The summed E-state index contributed by atoms with van der Waals surface area (Å²) in [6.45, 7) is 3.85. The average Bonchev–Trinajstić information content (AvgIpc) is 2.97. The molecule has 0 saturated heterocycles. The predicted octanol–water partition coefficient (Wildman–Crippen LogP) is 1.56. The van der Waals surface area contributed by atoms with Gasteiger partial charge in [0.2, 0.25) is 0 Å². The highest BCUT2D eigenvalue weighted by Gasteiger charge is 2.18. The van der Waals surface area contributed by atoms with E-state index in [1.807, 2.05) is 12.1 Å². The number of nitrogens with one attached hydrogen (secondary N) is 1. The lowest BCUT2D eigenvalue weighted by Crippen LogP contribution is -2.23. The van der Waals surface area contributed by atoms with Gasteiger partial charge in [-0.05, 0) is 48.3 Å². The van der Waals surface area contributed by atoms with E-state index in [1.165, 1.54) is 11.1 Å². The molecule has 1 aliphatic heterocycles. The molecule has 0 amide bonds. The van der Waals surface area contributed by atoms with Crippen molar-refractivity contribution in [3.63, 3.8) is 0 Å². The van der Waals surface area contributed by atoms with Crippen LogP contribution in [0.15, 0.2) is 22.7 Å². The van der Waals surface area contributed by atoms with Gasteiger partial charge in [0, 0.05) is 12.1 Å². The maximum absolute atomic E-state index is 11.5. The van der Waals surface area contributed by atoms with E-state index in [2.05, 4.69) is 21.5 Å². The van der Waals surface area contributed by atoms with Crippen molar-refractivity contribution >= 4 is 5.97 Å². The first-order chi connectivity index (χ1) is 9.78. The Labute approximate surface area is 116 Å². The minimum atomic E-state index is -0.567. The highest BCUT2D eigenvalue weighted by Crippen LogP contribution is 2.23. The molecular weight excluding hydrogens is 258 g/mol. The van der Waals surface area contributed by atoms with E-state index in [9.17, 15) is 4.79 Å². The lowest BCUT2D eigenvalue weighted by Gasteiger charge is -2.16. The van der Waals surface area contributed by atoms with Crippen LogP contribution in [-0.2, 0) is 17.7 Å². The molecule has 0 fully saturated rings. The molecule has 0 radical (unpaired) electrons. The number of ether oxygens (including phenoxy) is 1. The Morgan fingerprint density at radius 3 is 3.20 bits per heavy atom. The molecule has 3 rings (SSSR count). The van der Waals surface area contributed by atoms with E-state index in [0.717, 1.165) is 25.1 Å². The molecule has 20 heavy (non-hydrogen) atoms. The van der Waals surface area contributed by atoms with Crippen LogP contribution in [0.1, 0.15) is 28.7 Å². The normalized spacial score (nSPS) is 13.8. The van der Waals surface area contributed by atoms with Crippen molar-refractivity contribution < 1.29 is 14.1 Å². The molecule has 0 saturated carbocycles. The Balaban J connectivity index is 1.87. The number of nitrogens with zero attached hydrogens (tertiary/aromatic N) is 2. The number of hydrogen-bond donors (Lipinski definition) is 1. The van der Waals surface area contributed by atoms with Gasteiger partial charge in [-0.15, -0.1) is 0 Å². The zero-order valence-electron chi connectivity index (χ0n) is 11.2. The van der Waals surface area contributed by atoms with Crippen LogP contribution in [-0.4, -0.2) is 29.3 Å². The molecule has 0 unspecified atom stereocenters. The smallest absolute Gasteiger partial charge is 0.379 e. The minimum Gasteiger partial charge on any atom is -0.460 e. The summed E-state index contributed by atoms with van der Waals surface area (Å²) in [5.41, 5.74) is 3.37. The van der Waals surface area contributed by atoms with E-state index >= 15 is 0 Å². The van der Waals surface area contributed by atoms with Crippen molar-refractivity contribution in [1.29, 1.82) is 0 Å². The first-order valence-electron chi connectivity index (χ1n) is 6.61. The topological polar surface area (TPSA) is 77.2 Å². The molecule has 6 heteroatoms. The van der Waals surface area contributed by atoms with Crippen molar-refractivity contribution in [2.45, 2.75) is 19.9 Å². The van der Waals surface area contributed by atoms with Gasteiger partial charge in [0.25, 0.3) is 11.7 Å². The zero-order valence-corrected chi connectivity index (χ0v) is 11.2. The van der Waals surface area contributed by atoms with Crippen LogP contribution in [0.4, 0.5) is 0 Å². The van der Waals surface area contributed by atoms with Crippen LogP contribution < -0.4 is 5.32 Å². The molecule has 0 atom stereocenters. The Morgan fingerprint density at radius 1 is 1.45 bits per heavy atom. The predicted molar refractivity (Wildman–Crippen MR) is 71.1 cm³/mol. The maximum Gasteiger partial charge on any atom is 0.379 e. The van der Waals surface area contributed by atoms with Gasteiger partial charge >= 0.3 is 5.97 Å². The first-order valence-corrected chi connectivity index (χ1v) is 6.61. The Hall–Kier alpha value is -2.21. The third-order valence-electron chi connectivity index (χ3n) is 3.22. The largest absolute Gasteiger partial charge is 0.460 e. The van der Waals surface area contributed by atoms with Gasteiger partial charge in [0.05, 0.1) is 6.61 Å². The van der Waals surface area contributed by atoms with E-state index in [0.29, 0.717) is 5.89 Å². The molecule has 0 spiro atoms. The number of carbonyl (C=O) groups is 1. The first kappa shape index (κ1) is 12.8. The van der Waals surface area contributed by atoms with Gasteiger partial charge in [0.15, 0.2) is 0 Å². The lowest BCUT2D eigenvalue weighted by molar-refractivity contribution is 0.0508. The molecule has 0 bridgehead atoms.